The Bertz CT molecular complexity index is 823. The summed E-state index contributed by atoms with van der Waals surface area (Å²) < 4.78 is 2.08. The second-order valence-electron chi connectivity index (χ2n) is 5.41. The maximum atomic E-state index is 12.4. The Morgan fingerprint density at radius 1 is 1.09 bits per heavy atom. The average Bonchev–Trinajstić information content (AvgIpc) is 3.12. The molecule has 1 aliphatic heterocycles. The van der Waals surface area contributed by atoms with E-state index in [4.69, 9.17) is 0 Å². The van der Waals surface area contributed by atoms with Crippen molar-refractivity contribution in [3.63, 3.8) is 0 Å². The summed E-state index contributed by atoms with van der Waals surface area (Å²) in [5.41, 5.74) is 4.25. The van der Waals surface area contributed by atoms with Gasteiger partial charge in [-0.05, 0) is 17.7 Å². The van der Waals surface area contributed by atoms with Crippen molar-refractivity contribution < 1.29 is 4.79 Å². The standard InChI is InChI=1S/C18H15N3O/c22-18(20-13-6-2-1-3-7-13)10-16-14-8-4-5-9-15(14)17-11-19-12-21(16)17/h1-9,11-12,16H,10H2,(H,20,22). The van der Waals surface area contributed by atoms with Crippen LogP contribution in [-0.2, 0) is 4.79 Å². The lowest BCUT2D eigenvalue weighted by molar-refractivity contribution is -0.116. The van der Waals surface area contributed by atoms with Crippen LogP contribution >= 0.6 is 0 Å². The third-order valence-electron chi connectivity index (χ3n) is 4.03. The Morgan fingerprint density at radius 2 is 1.86 bits per heavy atom. The van der Waals surface area contributed by atoms with Crippen LogP contribution in [0.3, 0.4) is 0 Å². The van der Waals surface area contributed by atoms with Crippen molar-refractivity contribution in [2.45, 2.75) is 12.5 Å². The van der Waals surface area contributed by atoms with Crippen LogP contribution in [0, 0.1) is 0 Å². The number of para-hydroxylation sites is 1. The molecule has 0 aliphatic carbocycles. The van der Waals surface area contributed by atoms with Gasteiger partial charge in [0.15, 0.2) is 0 Å². The van der Waals surface area contributed by atoms with E-state index in [-0.39, 0.29) is 11.9 Å². The molecule has 1 N–H and O–H groups in total. The molecule has 4 heteroatoms. The number of carbonyl (C=O) groups is 1. The Labute approximate surface area is 128 Å². The number of nitrogens with zero attached hydrogens (tertiary/aromatic N) is 2. The average molecular weight is 289 g/mol. The minimum atomic E-state index is 0.00699. The number of hydrogen-bond acceptors (Lipinski definition) is 2. The molecule has 1 aromatic heterocycles. The zero-order chi connectivity index (χ0) is 14.9. The number of rotatable bonds is 3. The number of fused-ring (bicyclic) bond motifs is 3. The summed E-state index contributed by atoms with van der Waals surface area (Å²) in [6.45, 7) is 0. The highest BCUT2D eigenvalue weighted by Gasteiger charge is 2.29. The Hall–Kier alpha value is -2.88. The molecule has 4 nitrogen and oxygen atoms in total. The number of imidazole rings is 1. The van der Waals surface area contributed by atoms with E-state index in [1.165, 1.54) is 5.56 Å². The summed E-state index contributed by atoms with van der Waals surface area (Å²) in [4.78, 5) is 16.6. The van der Waals surface area contributed by atoms with Crippen LogP contribution in [0.5, 0.6) is 0 Å². The molecule has 0 saturated carbocycles. The summed E-state index contributed by atoms with van der Waals surface area (Å²) in [6.07, 6.45) is 4.05. The topological polar surface area (TPSA) is 46.9 Å². The lowest BCUT2D eigenvalue weighted by atomic mass is 10.0. The molecular formula is C18H15N3O. The summed E-state index contributed by atoms with van der Waals surface area (Å²) in [6, 6.07) is 17.7. The SMILES string of the molecule is O=C(CC1c2ccccc2-c2cncn21)Nc1ccccc1. The van der Waals surface area contributed by atoms with Crippen LogP contribution in [0.15, 0.2) is 67.1 Å². The molecule has 4 rings (SSSR count). The van der Waals surface area contributed by atoms with Crippen molar-refractivity contribution in [1.82, 2.24) is 9.55 Å². The first-order chi connectivity index (χ1) is 10.8. The van der Waals surface area contributed by atoms with Gasteiger partial charge in [-0.25, -0.2) is 4.98 Å². The Balaban J connectivity index is 1.60. The van der Waals surface area contributed by atoms with E-state index in [1.807, 2.05) is 48.7 Å². The highest BCUT2D eigenvalue weighted by Crippen LogP contribution is 2.40. The summed E-state index contributed by atoms with van der Waals surface area (Å²) in [5.74, 6) is 0.00699. The van der Waals surface area contributed by atoms with Crippen molar-refractivity contribution in [2.75, 3.05) is 5.32 Å². The van der Waals surface area contributed by atoms with Gasteiger partial charge in [-0.3, -0.25) is 4.79 Å². The van der Waals surface area contributed by atoms with Gasteiger partial charge in [0.2, 0.25) is 5.91 Å². The number of aromatic nitrogens is 2. The van der Waals surface area contributed by atoms with Crippen LogP contribution in [0.1, 0.15) is 18.0 Å². The molecule has 22 heavy (non-hydrogen) atoms. The third-order valence-corrected chi connectivity index (χ3v) is 4.03. The first-order valence-corrected chi connectivity index (χ1v) is 7.29. The maximum Gasteiger partial charge on any atom is 0.226 e. The zero-order valence-electron chi connectivity index (χ0n) is 11.9. The Morgan fingerprint density at radius 3 is 2.73 bits per heavy atom. The molecule has 1 aliphatic rings. The second-order valence-corrected chi connectivity index (χ2v) is 5.41. The Kier molecular flexibility index (Phi) is 3.00. The van der Waals surface area contributed by atoms with Gasteiger partial charge >= 0.3 is 0 Å². The minimum Gasteiger partial charge on any atom is -0.326 e. The lowest BCUT2D eigenvalue weighted by Crippen LogP contribution is -2.18. The number of amides is 1. The van der Waals surface area contributed by atoms with Gasteiger partial charge in [0.1, 0.15) is 0 Å². The second kappa shape index (κ2) is 5.15. The van der Waals surface area contributed by atoms with Crippen molar-refractivity contribution in [3.05, 3.63) is 72.7 Å². The van der Waals surface area contributed by atoms with Crippen LogP contribution in [0.4, 0.5) is 5.69 Å². The molecule has 2 aromatic carbocycles. The van der Waals surface area contributed by atoms with Gasteiger partial charge in [-0.15, -0.1) is 0 Å². The fourth-order valence-electron chi connectivity index (χ4n) is 3.05. The maximum absolute atomic E-state index is 12.4. The predicted octanol–water partition coefficient (Wildman–Crippen LogP) is 3.48. The van der Waals surface area contributed by atoms with E-state index < -0.39 is 0 Å². The predicted molar refractivity (Wildman–Crippen MR) is 85.5 cm³/mol. The largest absolute Gasteiger partial charge is 0.326 e. The molecule has 3 aromatic rings. The van der Waals surface area contributed by atoms with E-state index in [2.05, 4.69) is 27.0 Å². The number of anilines is 1. The minimum absolute atomic E-state index is 0.00699. The van der Waals surface area contributed by atoms with E-state index in [1.54, 1.807) is 6.33 Å². The molecule has 0 saturated heterocycles. The van der Waals surface area contributed by atoms with Gasteiger partial charge in [0.05, 0.1) is 30.7 Å². The van der Waals surface area contributed by atoms with E-state index in [0.717, 1.165) is 16.9 Å². The van der Waals surface area contributed by atoms with Crippen molar-refractivity contribution in [2.24, 2.45) is 0 Å². The number of hydrogen-bond donors (Lipinski definition) is 1. The van der Waals surface area contributed by atoms with E-state index >= 15 is 0 Å². The van der Waals surface area contributed by atoms with Gasteiger partial charge in [-0.1, -0.05) is 42.5 Å². The van der Waals surface area contributed by atoms with Gasteiger partial charge in [0, 0.05) is 11.3 Å². The van der Waals surface area contributed by atoms with Crippen molar-refractivity contribution >= 4 is 11.6 Å². The van der Waals surface area contributed by atoms with Crippen LogP contribution in [-0.4, -0.2) is 15.5 Å². The van der Waals surface area contributed by atoms with Gasteiger partial charge < -0.3 is 9.88 Å². The first kappa shape index (κ1) is 12.8. The third kappa shape index (κ3) is 2.09. The fraction of sp³-hybridized carbons (Fsp3) is 0.111. The molecule has 0 fully saturated rings. The van der Waals surface area contributed by atoms with Gasteiger partial charge in [-0.2, -0.15) is 0 Å². The normalized spacial score (nSPS) is 15.2. The summed E-state index contributed by atoms with van der Waals surface area (Å²) in [7, 11) is 0. The van der Waals surface area contributed by atoms with Crippen molar-refractivity contribution in [3.8, 4) is 11.3 Å². The lowest BCUT2D eigenvalue weighted by Gasteiger charge is -2.14. The highest BCUT2D eigenvalue weighted by atomic mass is 16.1. The summed E-state index contributed by atoms with van der Waals surface area (Å²) >= 11 is 0. The van der Waals surface area contributed by atoms with E-state index in [0.29, 0.717) is 6.42 Å². The van der Waals surface area contributed by atoms with Crippen LogP contribution in [0.25, 0.3) is 11.3 Å². The molecule has 0 radical (unpaired) electrons. The first-order valence-electron chi connectivity index (χ1n) is 7.29. The highest BCUT2D eigenvalue weighted by molar-refractivity contribution is 5.91. The zero-order valence-corrected chi connectivity index (χ0v) is 11.9. The molecule has 108 valence electrons. The molecular weight excluding hydrogens is 274 g/mol. The molecule has 1 unspecified atom stereocenters. The van der Waals surface area contributed by atoms with Crippen LogP contribution < -0.4 is 5.32 Å². The fourth-order valence-corrected chi connectivity index (χ4v) is 3.05. The monoisotopic (exact) mass is 289 g/mol. The molecule has 1 amide bonds. The molecule has 1 atom stereocenters. The molecule has 0 bridgehead atoms. The number of benzene rings is 2. The molecule has 2 heterocycles. The molecule has 0 spiro atoms. The van der Waals surface area contributed by atoms with Crippen LogP contribution in [0.2, 0.25) is 0 Å². The van der Waals surface area contributed by atoms with E-state index in [9.17, 15) is 4.79 Å². The van der Waals surface area contributed by atoms with Crippen molar-refractivity contribution in [1.29, 1.82) is 0 Å². The van der Waals surface area contributed by atoms with Gasteiger partial charge in [0.25, 0.3) is 0 Å². The number of nitrogens with one attached hydrogen (secondary N) is 1. The smallest absolute Gasteiger partial charge is 0.226 e. The summed E-state index contributed by atoms with van der Waals surface area (Å²) in [5, 5.41) is 2.95. The number of carbonyl (C=O) groups excluding carboxylic acids is 1. The quantitative estimate of drug-likeness (QED) is 0.802.